The van der Waals surface area contributed by atoms with E-state index in [4.69, 9.17) is 5.73 Å². The molecule has 0 radical (unpaired) electrons. The molecule has 2 atom stereocenters. The molecule has 114 valence electrons. The van der Waals surface area contributed by atoms with E-state index in [1.54, 1.807) is 12.1 Å². The number of benzene rings is 1. The van der Waals surface area contributed by atoms with Crippen LogP contribution < -0.4 is 15.8 Å². The van der Waals surface area contributed by atoms with Gasteiger partial charge in [-0.2, -0.15) is 0 Å². The highest BCUT2D eigenvalue weighted by atomic mass is 19.4. The summed E-state index contributed by atoms with van der Waals surface area (Å²) in [6.45, 7) is 0. The minimum absolute atomic E-state index is 0.0666. The van der Waals surface area contributed by atoms with Gasteiger partial charge in [-0.3, -0.25) is 0 Å². The van der Waals surface area contributed by atoms with Crippen molar-refractivity contribution < 1.29 is 17.9 Å². The summed E-state index contributed by atoms with van der Waals surface area (Å²) in [5.74, 6) is 0.156. The molecular weight excluding hydrogens is 283 g/mol. The number of guanidine groups is 1. The van der Waals surface area contributed by atoms with Crippen LogP contribution in [-0.4, -0.2) is 24.4 Å². The Kier molecular flexibility index (Phi) is 3.43. The maximum Gasteiger partial charge on any atom is 0.573 e. The summed E-state index contributed by atoms with van der Waals surface area (Å²) < 4.78 is 41.2. The molecule has 21 heavy (non-hydrogen) atoms. The third-order valence-corrected chi connectivity index (χ3v) is 3.54. The lowest BCUT2D eigenvalue weighted by atomic mass is 10.1. The maximum atomic E-state index is 12.4. The first-order valence-electron chi connectivity index (χ1n) is 6.87. The Labute approximate surface area is 120 Å². The van der Waals surface area contributed by atoms with Gasteiger partial charge in [0, 0.05) is 12.0 Å². The van der Waals surface area contributed by atoms with Crippen molar-refractivity contribution in [2.24, 2.45) is 10.7 Å². The summed E-state index contributed by atoms with van der Waals surface area (Å²) in [6.07, 6.45) is -1.82. The molecule has 3 rings (SSSR count). The number of aliphatic imine (C=N–C) groups is 1. The summed E-state index contributed by atoms with van der Waals surface area (Å²) in [4.78, 5) is 4.31. The fraction of sp³-hybridized carbons (Fsp3) is 0.500. The zero-order valence-electron chi connectivity index (χ0n) is 11.2. The molecule has 0 amide bonds. The van der Waals surface area contributed by atoms with Gasteiger partial charge < -0.3 is 15.8 Å². The molecule has 1 aromatic rings. The van der Waals surface area contributed by atoms with Crippen molar-refractivity contribution in [1.82, 2.24) is 5.32 Å². The van der Waals surface area contributed by atoms with Crippen LogP contribution in [0.15, 0.2) is 29.3 Å². The van der Waals surface area contributed by atoms with Gasteiger partial charge in [0.15, 0.2) is 5.96 Å². The van der Waals surface area contributed by atoms with E-state index >= 15 is 0 Å². The van der Waals surface area contributed by atoms with Crippen molar-refractivity contribution in [3.63, 3.8) is 0 Å². The third-order valence-electron chi connectivity index (χ3n) is 3.54. The minimum atomic E-state index is -4.68. The molecule has 2 fully saturated rings. The Morgan fingerprint density at radius 1 is 1.29 bits per heavy atom. The van der Waals surface area contributed by atoms with Crippen LogP contribution in [0.2, 0.25) is 0 Å². The van der Waals surface area contributed by atoms with Crippen molar-refractivity contribution in [3.05, 3.63) is 29.8 Å². The number of hydrogen-bond acceptors (Lipinski definition) is 2. The van der Waals surface area contributed by atoms with E-state index in [0.717, 1.165) is 12.8 Å². The van der Waals surface area contributed by atoms with Gasteiger partial charge in [0.2, 0.25) is 0 Å². The molecule has 0 aliphatic heterocycles. The lowest BCUT2D eigenvalue weighted by molar-refractivity contribution is -0.274. The highest BCUT2D eigenvalue weighted by Crippen LogP contribution is 2.47. The monoisotopic (exact) mass is 299 g/mol. The standard InChI is InChI=1S/C14H16F3N3O/c15-14(16,17)21-12-4-2-1-3-9(12)10-7-11(10)20-13(18)19-8-5-6-8/h1-4,8,10-11H,5-7H2,(H3,18,19,20). The molecule has 4 nitrogen and oxygen atoms in total. The van der Waals surface area contributed by atoms with Gasteiger partial charge >= 0.3 is 6.36 Å². The Bertz CT molecular complexity index is 555. The fourth-order valence-electron chi connectivity index (χ4n) is 2.32. The van der Waals surface area contributed by atoms with Gasteiger partial charge in [-0.25, -0.2) is 4.99 Å². The number of ether oxygens (including phenoxy) is 1. The Morgan fingerprint density at radius 3 is 2.67 bits per heavy atom. The zero-order valence-corrected chi connectivity index (χ0v) is 11.2. The second-order valence-corrected chi connectivity index (χ2v) is 5.43. The third kappa shape index (κ3) is 3.80. The van der Waals surface area contributed by atoms with Crippen molar-refractivity contribution in [3.8, 4) is 5.75 Å². The Morgan fingerprint density at radius 2 is 2.00 bits per heavy atom. The van der Waals surface area contributed by atoms with E-state index in [0.29, 0.717) is 24.0 Å². The molecule has 2 aliphatic rings. The first-order valence-corrected chi connectivity index (χ1v) is 6.87. The zero-order chi connectivity index (χ0) is 15.0. The minimum Gasteiger partial charge on any atom is -0.405 e. The summed E-state index contributed by atoms with van der Waals surface area (Å²) >= 11 is 0. The molecule has 2 saturated carbocycles. The molecule has 0 spiro atoms. The number of alkyl halides is 3. The number of hydrogen-bond donors (Lipinski definition) is 2. The predicted octanol–water partition coefficient (Wildman–Crippen LogP) is 2.51. The van der Waals surface area contributed by atoms with Crippen molar-refractivity contribution in [1.29, 1.82) is 0 Å². The largest absolute Gasteiger partial charge is 0.573 e. The molecule has 0 heterocycles. The smallest absolute Gasteiger partial charge is 0.405 e. The molecule has 1 aromatic carbocycles. The molecule has 7 heteroatoms. The number of para-hydroxylation sites is 1. The topological polar surface area (TPSA) is 59.6 Å². The van der Waals surface area contributed by atoms with E-state index in [9.17, 15) is 13.2 Å². The van der Waals surface area contributed by atoms with Crippen LogP contribution in [-0.2, 0) is 0 Å². The van der Waals surface area contributed by atoms with Gasteiger partial charge in [0.1, 0.15) is 5.75 Å². The summed E-state index contributed by atoms with van der Waals surface area (Å²) in [7, 11) is 0. The molecule has 2 unspecified atom stereocenters. The summed E-state index contributed by atoms with van der Waals surface area (Å²) in [5.41, 5.74) is 6.29. The maximum absolute atomic E-state index is 12.4. The molecule has 2 aliphatic carbocycles. The van der Waals surface area contributed by atoms with Gasteiger partial charge in [0.25, 0.3) is 0 Å². The molecule has 0 saturated heterocycles. The molecule has 0 bridgehead atoms. The lowest BCUT2D eigenvalue weighted by Crippen LogP contribution is -2.33. The van der Waals surface area contributed by atoms with Crippen LogP contribution in [0, 0.1) is 0 Å². The highest BCUT2D eigenvalue weighted by Gasteiger charge is 2.42. The highest BCUT2D eigenvalue weighted by molar-refractivity contribution is 5.79. The number of halogens is 3. The van der Waals surface area contributed by atoms with Crippen molar-refractivity contribution >= 4 is 5.96 Å². The van der Waals surface area contributed by atoms with Gasteiger partial charge in [-0.1, -0.05) is 18.2 Å². The number of nitrogens with one attached hydrogen (secondary N) is 1. The van der Waals surface area contributed by atoms with E-state index in [1.807, 2.05) is 0 Å². The van der Waals surface area contributed by atoms with Crippen LogP contribution in [0.25, 0.3) is 0 Å². The Balaban J connectivity index is 1.68. The second-order valence-electron chi connectivity index (χ2n) is 5.43. The quantitative estimate of drug-likeness (QED) is 0.663. The van der Waals surface area contributed by atoms with E-state index in [-0.39, 0.29) is 17.7 Å². The van der Waals surface area contributed by atoms with Gasteiger partial charge in [-0.15, -0.1) is 13.2 Å². The normalized spacial score (nSPS) is 25.6. The van der Waals surface area contributed by atoms with E-state index in [1.165, 1.54) is 12.1 Å². The first-order chi connectivity index (χ1) is 9.92. The molecule has 3 N–H and O–H groups in total. The molecular formula is C14H16F3N3O. The fourth-order valence-corrected chi connectivity index (χ4v) is 2.32. The van der Waals surface area contributed by atoms with Crippen LogP contribution in [0.1, 0.15) is 30.7 Å². The first kappa shape index (κ1) is 14.0. The van der Waals surface area contributed by atoms with E-state index < -0.39 is 6.36 Å². The van der Waals surface area contributed by atoms with E-state index in [2.05, 4.69) is 15.0 Å². The second kappa shape index (κ2) is 5.13. The van der Waals surface area contributed by atoms with Crippen LogP contribution in [0.5, 0.6) is 5.75 Å². The summed E-state index contributed by atoms with van der Waals surface area (Å²) in [6, 6.07) is 6.53. The number of nitrogens with zero attached hydrogens (tertiary/aromatic N) is 1. The van der Waals surface area contributed by atoms with Gasteiger partial charge in [0.05, 0.1) is 6.04 Å². The number of nitrogens with two attached hydrogens (primary N) is 1. The predicted molar refractivity (Wildman–Crippen MR) is 72.1 cm³/mol. The average Bonchev–Trinajstić information content (AvgIpc) is 3.26. The van der Waals surface area contributed by atoms with Crippen molar-refractivity contribution in [2.45, 2.75) is 43.6 Å². The van der Waals surface area contributed by atoms with Crippen LogP contribution in [0.3, 0.4) is 0 Å². The Hall–Kier alpha value is -1.92. The lowest BCUT2D eigenvalue weighted by Gasteiger charge is -2.12. The molecule has 0 aromatic heterocycles. The summed E-state index contributed by atoms with van der Waals surface area (Å²) in [5, 5.41) is 3.07. The van der Waals surface area contributed by atoms with Crippen molar-refractivity contribution in [2.75, 3.05) is 0 Å². The van der Waals surface area contributed by atoms with Gasteiger partial charge in [-0.05, 0) is 30.9 Å². The number of rotatable bonds is 4. The average molecular weight is 299 g/mol. The SMILES string of the molecule is NC(=NC1CC1c1ccccc1OC(F)(F)F)NC1CC1. The van der Waals surface area contributed by atoms with Crippen LogP contribution >= 0.6 is 0 Å². The van der Waals surface area contributed by atoms with Crippen LogP contribution in [0.4, 0.5) is 13.2 Å².